The third-order valence-corrected chi connectivity index (χ3v) is 5.42. The molecule has 1 amide bonds. The van der Waals surface area contributed by atoms with Crippen LogP contribution >= 0.6 is 11.3 Å². The van der Waals surface area contributed by atoms with E-state index in [4.69, 9.17) is 10.2 Å². The molecule has 4 rings (SSSR count). The number of carbonyl (C=O) groups is 1. The molecule has 0 unspecified atom stereocenters. The van der Waals surface area contributed by atoms with Crippen molar-refractivity contribution in [1.82, 2.24) is 15.1 Å². The van der Waals surface area contributed by atoms with E-state index in [2.05, 4.69) is 44.5 Å². The van der Waals surface area contributed by atoms with Crippen molar-refractivity contribution >= 4 is 34.6 Å². The molecule has 0 radical (unpaired) electrons. The maximum atomic E-state index is 11.2. The molecule has 1 aliphatic rings. The largest absolute Gasteiger partial charge is 0.402 e. The Hall–Kier alpha value is -2.91. The molecule has 0 aliphatic carbocycles. The molecule has 1 aliphatic heterocycles. The molecule has 0 atom stereocenters. The molecule has 3 heterocycles. The standard InChI is InChI=1S/C18H20N6O2S/c1-23-6-8-24(9-7-23)14-4-2-13(3-5-14)20-18-22-21-17(26-18)15-10-12(11-27-15)16(19)25/h2-5,10-11H,6-9H2,1H3,(H2,19,25)(H,20,22). The number of nitrogens with two attached hydrogens (primary N) is 1. The van der Waals surface area contributed by atoms with Gasteiger partial charge in [-0.05, 0) is 37.4 Å². The number of aromatic nitrogens is 2. The number of likely N-dealkylation sites (N-methyl/N-ethyl adjacent to an activating group) is 1. The summed E-state index contributed by atoms with van der Waals surface area (Å²) >= 11 is 1.33. The molecule has 0 saturated carbocycles. The second kappa shape index (κ2) is 7.37. The van der Waals surface area contributed by atoms with Crippen molar-refractivity contribution in [2.45, 2.75) is 0 Å². The van der Waals surface area contributed by atoms with E-state index in [0.717, 1.165) is 31.9 Å². The summed E-state index contributed by atoms with van der Waals surface area (Å²) in [5.41, 5.74) is 7.77. The molecule has 1 saturated heterocycles. The summed E-state index contributed by atoms with van der Waals surface area (Å²) < 4.78 is 5.63. The Morgan fingerprint density at radius 2 is 1.93 bits per heavy atom. The number of rotatable bonds is 5. The van der Waals surface area contributed by atoms with Gasteiger partial charge in [-0.15, -0.1) is 16.4 Å². The summed E-state index contributed by atoms with van der Waals surface area (Å²) in [6.07, 6.45) is 0. The highest BCUT2D eigenvalue weighted by Gasteiger charge is 2.15. The smallest absolute Gasteiger partial charge is 0.320 e. The Morgan fingerprint density at radius 3 is 2.59 bits per heavy atom. The van der Waals surface area contributed by atoms with Crippen LogP contribution in [0, 0.1) is 0 Å². The predicted octanol–water partition coefficient (Wildman–Crippen LogP) is 2.39. The third-order valence-electron chi connectivity index (χ3n) is 4.51. The number of nitrogens with zero attached hydrogens (tertiary/aromatic N) is 4. The molecule has 3 N–H and O–H groups in total. The van der Waals surface area contributed by atoms with E-state index in [1.165, 1.54) is 17.0 Å². The summed E-state index contributed by atoms with van der Waals surface area (Å²) in [6.45, 7) is 4.21. The number of benzene rings is 1. The van der Waals surface area contributed by atoms with Crippen LogP contribution in [-0.2, 0) is 0 Å². The molecule has 1 fully saturated rings. The van der Waals surface area contributed by atoms with Gasteiger partial charge in [-0.25, -0.2) is 0 Å². The number of anilines is 3. The number of primary amides is 1. The Kier molecular flexibility index (Phi) is 4.78. The van der Waals surface area contributed by atoms with Crippen LogP contribution in [-0.4, -0.2) is 54.2 Å². The van der Waals surface area contributed by atoms with Gasteiger partial charge in [-0.3, -0.25) is 4.79 Å². The van der Waals surface area contributed by atoms with Crippen LogP contribution in [0.15, 0.2) is 40.1 Å². The number of piperazine rings is 1. The summed E-state index contributed by atoms with van der Waals surface area (Å²) in [6, 6.07) is 10.1. The number of hydrogen-bond donors (Lipinski definition) is 2. The van der Waals surface area contributed by atoms with Crippen molar-refractivity contribution in [2.75, 3.05) is 43.4 Å². The zero-order valence-corrected chi connectivity index (χ0v) is 15.7. The highest BCUT2D eigenvalue weighted by molar-refractivity contribution is 7.13. The van der Waals surface area contributed by atoms with Crippen molar-refractivity contribution in [3.05, 3.63) is 41.3 Å². The molecule has 9 heteroatoms. The van der Waals surface area contributed by atoms with Crippen LogP contribution in [0.25, 0.3) is 10.8 Å². The second-order valence-corrected chi connectivity index (χ2v) is 7.35. The quantitative estimate of drug-likeness (QED) is 0.696. The zero-order valence-electron chi connectivity index (χ0n) is 14.9. The SMILES string of the molecule is CN1CCN(c2ccc(Nc3nnc(-c4cc(C(N)=O)cs4)o3)cc2)CC1. The molecule has 27 heavy (non-hydrogen) atoms. The van der Waals surface area contributed by atoms with E-state index in [9.17, 15) is 4.79 Å². The highest BCUT2D eigenvalue weighted by Crippen LogP contribution is 2.28. The van der Waals surface area contributed by atoms with Crippen molar-refractivity contribution in [2.24, 2.45) is 5.73 Å². The Balaban J connectivity index is 1.42. The second-order valence-electron chi connectivity index (χ2n) is 6.44. The van der Waals surface area contributed by atoms with Gasteiger partial charge in [0.1, 0.15) is 0 Å². The lowest BCUT2D eigenvalue weighted by atomic mass is 10.2. The maximum Gasteiger partial charge on any atom is 0.320 e. The van der Waals surface area contributed by atoms with Crippen LogP contribution in [0.3, 0.4) is 0 Å². The number of amides is 1. The molecular weight excluding hydrogens is 364 g/mol. The van der Waals surface area contributed by atoms with Crippen LogP contribution in [0.4, 0.5) is 17.4 Å². The predicted molar refractivity (Wildman–Crippen MR) is 106 cm³/mol. The van der Waals surface area contributed by atoms with Gasteiger partial charge >= 0.3 is 6.01 Å². The topological polar surface area (TPSA) is 101 Å². The van der Waals surface area contributed by atoms with Crippen LogP contribution in [0.2, 0.25) is 0 Å². The molecule has 8 nitrogen and oxygen atoms in total. The van der Waals surface area contributed by atoms with Crippen molar-refractivity contribution in [3.8, 4) is 10.8 Å². The van der Waals surface area contributed by atoms with E-state index in [1.54, 1.807) is 11.4 Å². The molecule has 0 spiro atoms. The van der Waals surface area contributed by atoms with E-state index in [-0.39, 0.29) is 0 Å². The lowest BCUT2D eigenvalue weighted by Crippen LogP contribution is -2.44. The van der Waals surface area contributed by atoms with Crippen molar-refractivity contribution in [3.63, 3.8) is 0 Å². The highest BCUT2D eigenvalue weighted by atomic mass is 32.1. The molecule has 2 aromatic heterocycles. The van der Waals surface area contributed by atoms with Crippen LogP contribution < -0.4 is 16.0 Å². The fraction of sp³-hybridized carbons (Fsp3) is 0.278. The minimum atomic E-state index is -0.476. The van der Waals surface area contributed by atoms with E-state index >= 15 is 0 Å². The van der Waals surface area contributed by atoms with Gasteiger partial charge in [0.15, 0.2) is 0 Å². The normalized spacial score (nSPS) is 15.1. The van der Waals surface area contributed by atoms with Gasteiger partial charge in [-0.1, -0.05) is 5.10 Å². The zero-order chi connectivity index (χ0) is 18.8. The van der Waals surface area contributed by atoms with Crippen molar-refractivity contribution < 1.29 is 9.21 Å². The minimum Gasteiger partial charge on any atom is -0.402 e. The van der Waals surface area contributed by atoms with Gasteiger partial charge in [0.2, 0.25) is 5.91 Å². The van der Waals surface area contributed by atoms with E-state index in [0.29, 0.717) is 22.3 Å². The van der Waals surface area contributed by atoms with E-state index < -0.39 is 5.91 Å². The molecule has 3 aromatic rings. The van der Waals surface area contributed by atoms with Crippen LogP contribution in [0.5, 0.6) is 0 Å². The van der Waals surface area contributed by atoms with E-state index in [1.807, 2.05) is 12.1 Å². The van der Waals surface area contributed by atoms with Crippen LogP contribution in [0.1, 0.15) is 10.4 Å². The van der Waals surface area contributed by atoms with Gasteiger partial charge in [0.05, 0.1) is 10.4 Å². The molecule has 0 bridgehead atoms. The first-order valence-corrected chi connectivity index (χ1v) is 9.49. The fourth-order valence-electron chi connectivity index (χ4n) is 2.89. The third kappa shape index (κ3) is 3.93. The average Bonchev–Trinajstić information content (AvgIpc) is 3.32. The number of thiophene rings is 1. The first kappa shape index (κ1) is 17.5. The summed E-state index contributed by atoms with van der Waals surface area (Å²) in [5, 5.41) is 12.8. The number of nitrogens with one attached hydrogen (secondary N) is 1. The van der Waals surface area contributed by atoms with Gasteiger partial charge < -0.3 is 25.3 Å². The first-order valence-electron chi connectivity index (χ1n) is 8.61. The summed E-state index contributed by atoms with van der Waals surface area (Å²) in [4.78, 5) is 16.6. The Morgan fingerprint density at radius 1 is 1.19 bits per heavy atom. The minimum absolute atomic E-state index is 0.298. The number of hydrogen-bond acceptors (Lipinski definition) is 8. The first-order chi connectivity index (χ1) is 13.1. The molecule has 1 aromatic carbocycles. The molecule has 140 valence electrons. The average molecular weight is 384 g/mol. The summed E-state index contributed by atoms with van der Waals surface area (Å²) in [7, 11) is 2.15. The summed E-state index contributed by atoms with van der Waals surface area (Å²) in [5.74, 6) is -0.125. The molecular formula is C18H20N6O2S. The van der Waals surface area contributed by atoms with Crippen molar-refractivity contribution in [1.29, 1.82) is 0 Å². The fourth-order valence-corrected chi connectivity index (χ4v) is 3.71. The maximum absolute atomic E-state index is 11.2. The monoisotopic (exact) mass is 384 g/mol. The Bertz CT molecular complexity index is 927. The van der Waals surface area contributed by atoms with Gasteiger partial charge in [0, 0.05) is 42.9 Å². The lowest BCUT2D eigenvalue weighted by Gasteiger charge is -2.34. The number of carbonyl (C=O) groups excluding carboxylic acids is 1. The Labute approximate surface area is 160 Å². The van der Waals surface area contributed by atoms with Gasteiger partial charge in [-0.2, -0.15) is 0 Å². The van der Waals surface area contributed by atoms with Gasteiger partial charge in [0.25, 0.3) is 5.89 Å². The lowest BCUT2D eigenvalue weighted by molar-refractivity contribution is 0.100.